The molecule has 2 heterocycles. The molecule has 0 bridgehead atoms. The Balaban J connectivity index is 1.73. The van der Waals surface area contributed by atoms with Crippen LogP contribution >= 0.6 is 0 Å². The summed E-state index contributed by atoms with van der Waals surface area (Å²) < 4.78 is 5.63. The number of nitrogens with zero attached hydrogens (tertiary/aromatic N) is 2. The van der Waals surface area contributed by atoms with Gasteiger partial charge in [0.1, 0.15) is 18.0 Å². The standard InChI is InChI=1S/C13H21N5O/c1-2-4-15-12-8-13(18-10-17-12)16-5-3-11-9-14-6-7-19-11/h2,8,10-11,14H,1,3-7,9H2,(H2,15,16,17,18). The zero-order valence-corrected chi connectivity index (χ0v) is 11.1. The van der Waals surface area contributed by atoms with Crippen molar-refractivity contribution < 1.29 is 4.74 Å². The second-order valence-electron chi connectivity index (χ2n) is 4.37. The monoisotopic (exact) mass is 263 g/mol. The molecule has 1 aliphatic rings. The van der Waals surface area contributed by atoms with Gasteiger partial charge in [-0.25, -0.2) is 9.97 Å². The molecule has 1 aliphatic heterocycles. The Bertz CT molecular complexity index is 392. The van der Waals surface area contributed by atoms with Crippen LogP contribution in [0.25, 0.3) is 0 Å². The summed E-state index contributed by atoms with van der Waals surface area (Å²) in [6.07, 6.45) is 4.60. The summed E-state index contributed by atoms with van der Waals surface area (Å²) >= 11 is 0. The lowest BCUT2D eigenvalue weighted by molar-refractivity contribution is 0.0258. The van der Waals surface area contributed by atoms with E-state index in [2.05, 4.69) is 32.5 Å². The Hall–Kier alpha value is -1.66. The second-order valence-corrected chi connectivity index (χ2v) is 4.37. The normalized spacial score (nSPS) is 18.8. The molecule has 3 N–H and O–H groups in total. The van der Waals surface area contributed by atoms with Gasteiger partial charge < -0.3 is 20.7 Å². The SMILES string of the molecule is C=CCNc1cc(NCCC2CNCCO2)ncn1. The van der Waals surface area contributed by atoms with E-state index in [4.69, 9.17) is 4.74 Å². The lowest BCUT2D eigenvalue weighted by Crippen LogP contribution is -2.39. The first-order valence-electron chi connectivity index (χ1n) is 6.61. The van der Waals surface area contributed by atoms with E-state index >= 15 is 0 Å². The molecule has 1 fully saturated rings. The second kappa shape index (κ2) is 7.70. The van der Waals surface area contributed by atoms with Gasteiger partial charge in [0.2, 0.25) is 0 Å². The maximum atomic E-state index is 5.63. The Morgan fingerprint density at radius 3 is 3.00 bits per heavy atom. The fourth-order valence-electron chi connectivity index (χ4n) is 1.89. The molecule has 1 saturated heterocycles. The van der Waals surface area contributed by atoms with Gasteiger partial charge in [-0.3, -0.25) is 0 Å². The molecule has 0 radical (unpaired) electrons. The minimum absolute atomic E-state index is 0.293. The average Bonchev–Trinajstić information content (AvgIpc) is 2.47. The fraction of sp³-hybridized carbons (Fsp3) is 0.538. The van der Waals surface area contributed by atoms with Crippen LogP contribution in [-0.4, -0.2) is 48.9 Å². The van der Waals surface area contributed by atoms with Crippen LogP contribution in [-0.2, 0) is 4.74 Å². The largest absolute Gasteiger partial charge is 0.376 e. The molecule has 0 saturated carbocycles. The van der Waals surface area contributed by atoms with Gasteiger partial charge in [-0.1, -0.05) is 6.08 Å². The Kier molecular flexibility index (Phi) is 5.58. The first kappa shape index (κ1) is 13.8. The van der Waals surface area contributed by atoms with Crippen molar-refractivity contribution in [3.05, 3.63) is 25.0 Å². The number of nitrogens with one attached hydrogen (secondary N) is 3. The molecule has 0 aliphatic carbocycles. The fourth-order valence-corrected chi connectivity index (χ4v) is 1.89. The first-order chi connectivity index (χ1) is 9.38. The molecule has 6 heteroatoms. The summed E-state index contributed by atoms with van der Waals surface area (Å²) in [5.74, 6) is 1.62. The smallest absolute Gasteiger partial charge is 0.131 e. The number of rotatable bonds is 7. The maximum absolute atomic E-state index is 5.63. The van der Waals surface area contributed by atoms with Crippen molar-refractivity contribution in [2.45, 2.75) is 12.5 Å². The van der Waals surface area contributed by atoms with Crippen molar-refractivity contribution in [1.82, 2.24) is 15.3 Å². The Morgan fingerprint density at radius 2 is 2.26 bits per heavy atom. The summed E-state index contributed by atoms with van der Waals surface area (Å²) in [7, 11) is 0. The van der Waals surface area contributed by atoms with E-state index in [1.165, 1.54) is 0 Å². The van der Waals surface area contributed by atoms with Crippen molar-refractivity contribution in [3.63, 3.8) is 0 Å². The molecule has 2 rings (SSSR count). The van der Waals surface area contributed by atoms with Crippen molar-refractivity contribution in [2.75, 3.05) is 43.4 Å². The Morgan fingerprint density at radius 1 is 1.42 bits per heavy atom. The first-order valence-corrected chi connectivity index (χ1v) is 6.61. The topological polar surface area (TPSA) is 71.1 Å². The van der Waals surface area contributed by atoms with Gasteiger partial charge in [-0.2, -0.15) is 0 Å². The molecule has 0 amide bonds. The highest BCUT2D eigenvalue weighted by Crippen LogP contribution is 2.09. The van der Waals surface area contributed by atoms with E-state index < -0.39 is 0 Å². The number of anilines is 2. The van der Waals surface area contributed by atoms with Crippen molar-refractivity contribution in [1.29, 1.82) is 0 Å². The third kappa shape index (κ3) is 4.84. The van der Waals surface area contributed by atoms with E-state index in [0.717, 1.165) is 44.3 Å². The zero-order valence-electron chi connectivity index (χ0n) is 11.1. The number of hydrogen-bond acceptors (Lipinski definition) is 6. The van der Waals surface area contributed by atoms with Gasteiger partial charge in [-0.15, -0.1) is 6.58 Å². The van der Waals surface area contributed by atoms with Crippen LogP contribution in [0.2, 0.25) is 0 Å². The summed E-state index contributed by atoms with van der Waals surface area (Å²) in [5, 5.41) is 9.73. The van der Waals surface area contributed by atoms with Crippen LogP contribution in [0.5, 0.6) is 0 Å². The highest BCUT2D eigenvalue weighted by Gasteiger charge is 2.12. The number of hydrogen-bond donors (Lipinski definition) is 3. The van der Waals surface area contributed by atoms with Crippen LogP contribution in [0.3, 0.4) is 0 Å². The van der Waals surface area contributed by atoms with Gasteiger partial charge in [0.15, 0.2) is 0 Å². The highest BCUT2D eigenvalue weighted by molar-refractivity contribution is 5.46. The summed E-state index contributed by atoms with van der Waals surface area (Å²) in [4.78, 5) is 8.32. The van der Waals surface area contributed by atoms with E-state index in [1.54, 1.807) is 12.4 Å². The molecule has 0 spiro atoms. The molecular weight excluding hydrogens is 242 g/mol. The lowest BCUT2D eigenvalue weighted by Gasteiger charge is -2.23. The summed E-state index contributed by atoms with van der Waals surface area (Å²) in [6, 6.07) is 1.89. The summed E-state index contributed by atoms with van der Waals surface area (Å²) in [5.41, 5.74) is 0. The molecule has 6 nitrogen and oxygen atoms in total. The van der Waals surface area contributed by atoms with E-state index in [-0.39, 0.29) is 0 Å². The van der Waals surface area contributed by atoms with Gasteiger partial charge in [0, 0.05) is 32.2 Å². The predicted octanol–water partition coefficient (Wildman–Crippen LogP) is 0.865. The average molecular weight is 263 g/mol. The van der Waals surface area contributed by atoms with Crippen molar-refractivity contribution in [3.8, 4) is 0 Å². The minimum Gasteiger partial charge on any atom is -0.376 e. The van der Waals surface area contributed by atoms with E-state index in [1.807, 2.05) is 6.07 Å². The van der Waals surface area contributed by atoms with Crippen molar-refractivity contribution in [2.24, 2.45) is 0 Å². The molecule has 1 atom stereocenters. The number of aromatic nitrogens is 2. The van der Waals surface area contributed by atoms with Gasteiger partial charge >= 0.3 is 0 Å². The summed E-state index contributed by atoms with van der Waals surface area (Å²) in [6.45, 7) is 7.87. The molecule has 19 heavy (non-hydrogen) atoms. The van der Waals surface area contributed by atoms with Gasteiger partial charge in [0.25, 0.3) is 0 Å². The third-order valence-corrected chi connectivity index (χ3v) is 2.87. The quantitative estimate of drug-likeness (QED) is 0.634. The number of ether oxygens (including phenoxy) is 1. The lowest BCUT2D eigenvalue weighted by atomic mass is 10.2. The van der Waals surface area contributed by atoms with Crippen LogP contribution in [0.4, 0.5) is 11.6 Å². The molecule has 1 aromatic rings. The minimum atomic E-state index is 0.293. The molecule has 1 unspecified atom stereocenters. The molecular formula is C13H21N5O. The molecule has 104 valence electrons. The zero-order chi connectivity index (χ0) is 13.3. The Labute approximate surface area is 113 Å². The van der Waals surface area contributed by atoms with Crippen LogP contribution < -0.4 is 16.0 Å². The van der Waals surface area contributed by atoms with E-state index in [0.29, 0.717) is 12.6 Å². The van der Waals surface area contributed by atoms with Gasteiger partial charge in [-0.05, 0) is 6.42 Å². The van der Waals surface area contributed by atoms with Crippen LogP contribution in [0.1, 0.15) is 6.42 Å². The van der Waals surface area contributed by atoms with Crippen molar-refractivity contribution >= 4 is 11.6 Å². The predicted molar refractivity (Wildman–Crippen MR) is 76.4 cm³/mol. The number of morpholine rings is 1. The molecule has 0 aromatic carbocycles. The van der Waals surface area contributed by atoms with E-state index in [9.17, 15) is 0 Å². The third-order valence-electron chi connectivity index (χ3n) is 2.87. The van der Waals surface area contributed by atoms with Crippen LogP contribution in [0, 0.1) is 0 Å². The molecule has 1 aromatic heterocycles. The highest BCUT2D eigenvalue weighted by atomic mass is 16.5. The van der Waals surface area contributed by atoms with Crippen LogP contribution in [0.15, 0.2) is 25.0 Å². The maximum Gasteiger partial charge on any atom is 0.131 e. The van der Waals surface area contributed by atoms with Gasteiger partial charge in [0.05, 0.1) is 12.7 Å².